The zero-order chi connectivity index (χ0) is 19.9. The first-order valence-electron chi connectivity index (χ1n) is 8.04. The van der Waals surface area contributed by atoms with E-state index in [9.17, 15) is 22.4 Å². The smallest absolute Gasteiger partial charge is 0.368 e. The van der Waals surface area contributed by atoms with E-state index in [0.717, 1.165) is 12.1 Å². The first kappa shape index (κ1) is 19.5. The third-order valence-electron chi connectivity index (χ3n) is 4.55. The number of carbonyl (C=O) groups excluding carboxylic acids is 1. The van der Waals surface area contributed by atoms with Crippen molar-refractivity contribution in [3.63, 3.8) is 0 Å². The highest BCUT2D eigenvalue weighted by molar-refractivity contribution is 7.80. The van der Waals surface area contributed by atoms with Crippen LogP contribution >= 0.6 is 12.2 Å². The fraction of sp³-hybridized carbons (Fsp3) is 0.438. The number of nitrogens with zero attached hydrogens (tertiary/aromatic N) is 3. The largest absolute Gasteiger partial charge is 0.409 e. The summed E-state index contributed by atoms with van der Waals surface area (Å²) in [6.45, 7) is 0.288. The van der Waals surface area contributed by atoms with Crippen molar-refractivity contribution in [2.75, 3.05) is 26.0 Å². The Morgan fingerprint density at radius 2 is 2.07 bits per heavy atom. The molecule has 0 saturated carbocycles. The van der Waals surface area contributed by atoms with E-state index >= 15 is 0 Å². The van der Waals surface area contributed by atoms with Crippen molar-refractivity contribution >= 4 is 28.9 Å². The number of alkyl halides is 3. The SMILES string of the molecule is CN1C[C@H](C2=CC(C(F)(F)F)NN2C)[C@@H](C(=O)Nc2cccc(F)n2)C1=S. The zero-order valence-electron chi connectivity index (χ0n) is 14.4. The lowest BCUT2D eigenvalue weighted by Crippen LogP contribution is -2.44. The Labute approximate surface area is 158 Å². The van der Waals surface area contributed by atoms with Crippen LogP contribution < -0.4 is 10.7 Å². The second-order valence-corrected chi connectivity index (χ2v) is 6.85. The van der Waals surface area contributed by atoms with Gasteiger partial charge in [0.15, 0.2) is 0 Å². The maximum Gasteiger partial charge on any atom is 0.409 e. The summed E-state index contributed by atoms with van der Waals surface area (Å²) in [5.41, 5.74) is 2.66. The molecule has 11 heteroatoms. The van der Waals surface area contributed by atoms with Gasteiger partial charge in [-0.15, -0.1) is 0 Å². The molecule has 1 aromatic rings. The van der Waals surface area contributed by atoms with Crippen molar-refractivity contribution in [2.24, 2.45) is 11.8 Å². The summed E-state index contributed by atoms with van der Waals surface area (Å²) in [4.78, 5) is 18.3. The molecule has 0 spiro atoms. The third-order valence-corrected chi connectivity index (χ3v) is 5.12. The van der Waals surface area contributed by atoms with Gasteiger partial charge in [0.2, 0.25) is 11.9 Å². The minimum atomic E-state index is -4.45. The average Bonchev–Trinajstić information content (AvgIpc) is 3.08. The molecule has 2 N–H and O–H groups in total. The highest BCUT2D eigenvalue weighted by atomic mass is 32.1. The number of pyridine rings is 1. The molecular formula is C16H17F4N5OS. The predicted octanol–water partition coefficient (Wildman–Crippen LogP) is 1.93. The van der Waals surface area contributed by atoms with E-state index in [-0.39, 0.29) is 12.4 Å². The van der Waals surface area contributed by atoms with E-state index in [1.807, 2.05) is 0 Å². The van der Waals surface area contributed by atoms with E-state index in [2.05, 4.69) is 15.7 Å². The quantitative estimate of drug-likeness (QED) is 0.457. The molecule has 0 radical (unpaired) electrons. The number of aromatic nitrogens is 1. The van der Waals surface area contributed by atoms with Gasteiger partial charge in [-0.25, -0.2) is 10.4 Å². The summed E-state index contributed by atoms with van der Waals surface area (Å²) >= 11 is 5.32. The summed E-state index contributed by atoms with van der Waals surface area (Å²) < 4.78 is 52.3. The Balaban J connectivity index is 1.86. The van der Waals surface area contributed by atoms with Crippen LogP contribution in [0.25, 0.3) is 0 Å². The van der Waals surface area contributed by atoms with Crippen molar-refractivity contribution in [2.45, 2.75) is 12.2 Å². The molecule has 2 aliphatic rings. The molecule has 146 valence electrons. The third kappa shape index (κ3) is 3.88. The number of carbonyl (C=O) groups is 1. The van der Waals surface area contributed by atoms with Crippen LogP contribution in [0.3, 0.4) is 0 Å². The fourth-order valence-electron chi connectivity index (χ4n) is 3.28. The molecule has 3 heterocycles. The number of nitrogens with one attached hydrogen (secondary N) is 2. The van der Waals surface area contributed by atoms with Gasteiger partial charge in [-0.1, -0.05) is 18.3 Å². The molecule has 6 nitrogen and oxygen atoms in total. The molecule has 27 heavy (non-hydrogen) atoms. The van der Waals surface area contributed by atoms with Crippen LogP contribution in [-0.4, -0.2) is 58.6 Å². The van der Waals surface area contributed by atoms with E-state index in [4.69, 9.17) is 12.2 Å². The molecule has 0 bridgehead atoms. The van der Waals surface area contributed by atoms with Gasteiger partial charge in [0.1, 0.15) is 11.9 Å². The number of thiocarbonyl (C=S) groups is 1. The standard InChI is InChI=1S/C16H17F4N5OS/c1-24-7-8(9-6-10(16(18,19)20)23-25(9)2)13(15(24)27)14(26)22-12-5-3-4-11(17)21-12/h3-6,8,10,13,23H,7H2,1-2H3,(H,21,22,26)/t8-,10?,13+/m1/s1. The number of likely N-dealkylation sites (tertiary alicyclic amines) is 1. The number of rotatable bonds is 3. The molecule has 1 amide bonds. The van der Waals surface area contributed by atoms with Crippen LogP contribution in [-0.2, 0) is 4.79 Å². The van der Waals surface area contributed by atoms with Crippen LogP contribution in [0.15, 0.2) is 30.0 Å². The molecular weight excluding hydrogens is 386 g/mol. The second kappa shape index (κ2) is 7.04. The van der Waals surface area contributed by atoms with Crippen molar-refractivity contribution in [1.29, 1.82) is 0 Å². The van der Waals surface area contributed by atoms with Gasteiger partial charge in [-0.2, -0.15) is 17.6 Å². The summed E-state index contributed by atoms with van der Waals surface area (Å²) in [7, 11) is 3.13. The van der Waals surface area contributed by atoms with Gasteiger partial charge in [0.05, 0.1) is 10.9 Å². The van der Waals surface area contributed by atoms with Crippen LogP contribution in [0, 0.1) is 17.8 Å². The predicted molar refractivity (Wildman–Crippen MR) is 93.9 cm³/mol. The maximum absolute atomic E-state index is 13.2. The average molecular weight is 403 g/mol. The Kier molecular flexibility index (Phi) is 5.08. The fourth-order valence-corrected chi connectivity index (χ4v) is 3.63. The molecule has 3 atom stereocenters. The highest BCUT2D eigenvalue weighted by Crippen LogP contribution is 2.37. The number of anilines is 1. The molecule has 3 rings (SSSR count). The van der Waals surface area contributed by atoms with E-state index in [0.29, 0.717) is 10.7 Å². The molecule has 1 saturated heterocycles. The molecule has 1 unspecified atom stereocenters. The van der Waals surface area contributed by atoms with Crippen LogP contribution in [0.5, 0.6) is 0 Å². The first-order valence-corrected chi connectivity index (χ1v) is 8.45. The van der Waals surface area contributed by atoms with Crippen LogP contribution in [0.4, 0.5) is 23.4 Å². The van der Waals surface area contributed by atoms with Gasteiger partial charge in [-0.3, -0.25) is 4.79 Å². The van der Waals surface area contributed by atoms with Gasteiger partial charge in [0.25, 0.3) is 0 Å². The highest BCUT2D eigenvalue weighted by Gasteiger charge is 2.48. The van der Waals surface area contributed by atoms with Crippen molar-refractivity contribution in [3.05, 3.63) is 35.9 Å². The second-order valence-electron chi connectivity index (χ2n) is 6.44. The molecule has 2 aliphatic heterocycles. The van der Waals surface area contributed by atoms with Crippen molar-refractivity contribution in [3.8, 4) is 0 Å². The van der Waals surface area contributed by atoms with Gasteiger partial charge < -0.3 is 15.2 Å². The van der Waals surface area contributed by atoms with Crippen molar-refractivity contribution < 1.29 is 22.4 Å². The molecule has 1 aromatic heterocycles. The molecule has 0 aromatic carbocycles. The first-order chi connectivity index (χ1) is 12.6. The number of halogens is 4. The van der Waals surface area contributed by atoms with E-state index in [1.165, 1.54) is 24.2 Å². The van der Waals surface area contributed by atoms with Gasteiger partial charge >= 0.3 is 6.18 Å². The number of hydrogen-bond acceptors (Lipinski definition) is 5. The van der Waals surface area contributed by atoms with Crippen LogP contribution in [0.2, 0.25) is 0 Å². The lowest BCUT2D eigenvalue weighted by molar-refractivity contribution is -0.149. The lowest BCUT2D eigenvalue weighted by atomic mass is 9.91. The van der Waals surface area contributed by atoms with Crippen LogP contribution in [0.1, 0.15) is 0 Å². The summed E-state index contributed by atoms with van der Waals surface area (Å²) in [5, 5.41) is 3.76. The van der Waals surface area contributed by atoms with E-state index in [1.54, 1.807) is 11.9 Å². The van der Waals surface area contributed by atoms with E-state index < -0.39 is 35.9 Å². The Hall–Kier alpha value is -2.27. The Bertz CT molecular complexity index is 799. The Morgan fingerprint density at radius 3 is 2.67 bits per heavy atom. The van der Waals surface area contributed by atoms with Gasteiger partial charge in [-0.05, 0) is 18.2 Å². The minimum absolute atomic E-state index is 0.0103. The summed E-state index contributed by atoms with van der Waals surface area (Å²) in [5.74, 6) is -2.75. The number of amides is 1. The Morgan fingerprint density at radius 1 is 1.37 bits per heavy atom. The normalized spacial score (nSPS) is 25.8. The number of hydrogen-bond donors (Lipinski definition) is 2. The van der Waals surface area contributed by atoms with Gasteiger partial charge in [0, 0.05) is 32.3 Å². The minimum Gasteiger partial charge on any atom is -0.368 e. The topological polar surface area (TPSA) is 60.5 Å². The number of hydrazine groups is 1. The van der Waals surface area contributed by atoms with Crippen molar-refractivity contribution in [1.82, 2.24) is 20.3 Å². The molecule has 1 fully saturated rings. The summed E-state index contributed by atoms with van der Waals surface area (Å²) in [6.07, 6.45) is -3.39. The maximum atomic E-state index is 13.2. The molecule has 0 aliphatic carbocycles. The zero-order valence-corrected chi connectivity index (χ0v) is 15.2. The summed E-state index contributed by atoms with van der Waals surface area (Å²) in [6, 6.07) is 2.11. The lowest BCUT2D eigenvalue weighted by Gasteiger charge is -2.25. The monoisotopic (exact) mass is 403 g/mol.